The molecule has 2 N–H and O–H groups in total. The molecule has 41 heavy (non-hydrogen) atoms. The Morgan fingerprint density at radius 3 is 1.85 bits per heavy atom. The molecule has 0 radical (unpaired) electrons. The molecular weight excluding hydrogens is 534 g/mol. The Kier molecular flexibility index (Phi) is 16.5. The Hall–Kier alpha value is -3.34. The first-order chi connectivity index (χ1) is 19.4. The minimum Gasteiger partial charge on any atom is -0.461 e. The van der Waals surface area contributed by atoms with Crippen LogP contribution in [-0.4, -0.2) is 56.2 Å². The van der Waals surface area contributed by atoms with Crippen molar-refractivity contribution in [2.75, 3.05) is 19.8 Å². The van der Waals surface area contributed by atoms with Gasteiger partial charge in [0.1, 0.15) is 18.8 Å². The molecule has 0 saturated carbocycles. The van der Waals surface area contributed by atoms with Crippen LogP contribution in [0.25, 0.3) is 0 Å². The minimum absolute atomic E-state index is 0.0254. The van der Waals surface area contributed by atoms with E-state index in [0.717, 1.165) is 19.3 Å². The van der Waals surface area contributed by atoms with Crippen molar-refractivity contribution in [2.45, 2.75) is 92.7 Å². The molecule has 0 spiro atoms. The van der Waals surface area contributed by atoms with Gasteiger partial charge in [-0.25, -0.2) is 9.59 Å². The van der Waals surface area contributed by atoms with Crippen molar-refractivity contribution >= 4 is 24.2 Å². The summed E-state index contributed by atoms with van der Waals surface area (Å²) in [5, 5.41) is 0. The fourth-order valence-electron chi connectivity index (χ4n) is 3.28. The van der Waals surface area contributed by atoms with Crippen LogP contribution < -0.4 is 15.2 Å². The van der Waals surface area contributed by atoms with Crippen LogP contribution in [-0.2, 0) is 35.0 Å². The summed E-state index contributed by atoms with van der Waals surface area (Å²) >= 11 is 0. The van der Waals surface area contributed by atoms with Gasteiger partial charge in [-0.05, 0) is 49.3 Å². The van der Waals surface area contributed by atoms with Crippen LogP contribution in [0.2, 0.25) is 0 Å². The van der Waals surface area contributed by atoms with Gasteiger partial charge in [0.15, 0.2) is 11.5 Å². The highest BCUT2D eigenvalue weighted by Gasteiger charge is 2.22. The van der Waals surface area contributed by atoms with Gasteiger partial charge in [0.25, 0.3) is 0 Å². The highest BCUT2D eigenvalue weighted by atomic mass is 16.7. The third-order valence-corrected chi connectivity index (χ3v) is 6.42. The number of carbonyl (C=O) groups is 4. The summed E-state index contributed by atoms with van der Waals surface area (Å²) in [6, 6.07) is 3.35. The van der Waals surface area contributed by atoms with Crippen molar-refractivity contribution in [3.05, 3.63) is 23.8 Å². The Morgan fingerprint density at radius 2 is 1.32 bits per heavy atom. The molecule has 11 heteroatoms. The van der Waals surface area contributed by atoms with Gasteiger partial charge in [-0.2, -0.15) is 0 Å². The number of esters is 2. The summed E-state index contributed by atoms with van der Waals surface area (Å²) in [7, 11) is 0. The van der Waals surface area contributed by atoms with Gasteiger partial charge >= 0.3 is 24.2 Å². The first kappa shape index (κ1) is 35.7. The Bertz CT molecular complexity index is 982. The first-order valence-corrected chi connectivity index (χ1v) is 14.3. The molecule has 0 aliphatic carbocycles. The molecule has 3 unspecified atom stereocenters. The number of carbonyl (C=O) groups excluding carboxylic acids is 4. The molecule has 11 nitrogen and oxygen atoms in total. The van der Waals surface area contributed by atoms with Crippen molar-refractivity contribution in [1.29, 1.82) is 0 Å². The number of rotatable bonds is 17. The Labute approximate surface area is 243 Å². The van der Waals surface area contributed by atoms with Gasteiger partial charge in [-0.1, -0.05) is 66.9 Å². The zero-order valence-corrected chi connectivity index (χ0v) is 25.4. The van der Waals surface area contributed by atoms with Crippen molar-refractivity contribution in [2.24, 2.45) is 23.5 Å². The number of benzene rings is 1. The summed E-state index contributed by atoms with van der Waals surface area (Å²) in [4.78, 5) is 49.1. The predicted octanol–water partition coefficient (Wildman–Crippen LogP) is 5.59. The van der Waals surface area contributed by atoms with Crippen LogP contribution in [0.1, 0.15) is 79.7 Å². The van der Waals surface area contributed by atoms with E-state index < -0.39 is 30.4 Å². The third kappa shape index (κ3) is 14.2. The van der Waals surface area contributed by atoms with Crippen molar-refractivity contribution in [3.8, 4) is 11.5 Å². The van der Waals surface area contributed by atoms with E-state index in [1.165, 1.54) is 12.1 Å². The summed E-state index contributed by atoms with van der Waals surface area (Å²) in [6.45, 7) is 13.4. The third-order valence-electron chi connectivity index (χ3n) is 6.42. The predicted molar refractivity (Wildman–Crippen MR) is 152 cm³/mol. The van der Waals surface area contributed by atoms with E-state index in [1.807, 2.05) is 34.6 Å². The normalized spacial score (nSPS) is 14.5. The molecule has 1 aromatic rings. The topological polar surface area (TPSA) is 150 Å². The molecule has 1 aromatic carbocycles. The Morgan fingerprint density at radius 1 is 0.756 bits per heavy atom. The van der Waals surface area contributed by atoms with Crippen LogP contribution in [0.4, 0.5) is 9.59 Å². The molecule has 0 aromatic heterocycles. The lowest BCUT2D eigenvalue weighted by molar-refractivity contribution is -0.161. The van der Waals surface area contributed by atoms with Crippen LogP contribution in [0, 0.1) is 17.8 Å². The lowest BCUT2D eigenvalue weighted by Gasteiger charge is -2.18. The van der Waals surface area contributed by atoms with E-state index in [0.29, 0.717) is 12.0 Å². The maximum Gasteiger partial charge on any atom is 0.513 e. The lowest BCUT2D eigenvalue weighted by Crippen LogP contribution is -2.36. The van der Waals surface area contributed by atoms with Gasteiger partial charge < -0.3 is 34.2 Å². The van der Waals surface area contributed by atoms with E-state index in [9.17, 15) is 19.2 Å². The molecule has 0 bridgehead atoms. The van der Waals surface area contributed by atoms with Crippen LogP contribution in [0.15, 0.2) is 18.2 Å². The largest absolute Gasteiger partial charge is 0.513 e. The molecule has 0 saturated heterocycles. The number of nitrogens with two attached hydrogens (primary N) is 1. The second-order valence-electron chi connectivity index (χ2n) is 10.5. The van der Waals surface area contributed by atoms with Gasteiger partial charge in [-0.15, -0.1) is 0 Å². The average molecular weight is 582 g/mol. The van der Waals surface area contributed by atoms with E-state index in [2.05, 4.69) is 0 Å². The summed E-state index contributed by atoms with van der Waals surface area (Å²) in [5.41, 5.74) is 6.56. The van der Waals surface area contributed by atoms with E-state index >= 15 is 0 Å². The highest BCUT2D eigenvalue weighted by molar-refractivity contribution is 5.76. The fourth-order valence-corrected chi connectivity index (χ4v) is 3.28. The summed E-state index contributed by atoms with van der Waals surface area (Å²) in [6.07, 6.45) is 0.677. The first-order valence-electron chi connectivity index (χ1n) is 14.3. The zero-order chi connectivity index (χ0) is 30.9. The molecule has 0 heterocycles. The summed E-state index contributed by atoms with van der Waals surface area (Å²) in [5.74, 6) is -1.16. The SMILES string of the molecule is CCCC(C)C(=O)O[C@@H](C)COC(=O)[C@@H](N)Cc1ccc(OC(=O)OCC(C)CC)c(OC(=O)OCC(C)CC)c1. The molecule has 0 aliphatic heterocycles. The van der Waals surface area contributed by atoms with E-state index in [-0.39, 0.29) is 61.5 Å². The van der Waals surface area contributed by atoms with Crippen LogP contribution >= 0.6 is 0 Å². The fraction of sp³-hybridized carbons (Fsp3) is 0.667. The van der Waals surface area contributed by atoms with Crippen molar-refractivity contribution in [1.82, 2.24) is 0 Å². The molecule has 0 aliphatic rings. The van der Waals surface area contributed by atoms with E-state index in [4.69, 9.17) is 34.2 Å². The van der Waals surface area contributed by atoms with Gasteiger partial charge in [0.2, 0.25) is 0 Å². The van der Waals surface area contributed by atoms with Crippen molar-refractivity contribution in [3.63, 3.8) is 0 Å². The second-order valence-corrected chi connectivity index (χ2v) is 10.5. The maximum atomic E-state index is 12.5. The maximum absolute atomic E-state index is 12.5. The average Bonchev–Trinajstić information content (AvgIpc) is 2.94. The zero-order valence-electron chi connectivity index (χ0n) is 25.4. The molecule has 0 amide bonds. The van der Waals surface area contributed by atoms with Crippen LogP contribution in [0.5, 0.6) is 11.5 Å². The van der Waals surface area contributed by atoms with Gasteiger partial charge in [0.05, 0.1) is 19.1 Å². The molecule has 0 fully saturated rings. The standard InChI is InChI=1S/C30H47NO10/c1-8-11-21(6)27(32)39-22(7)18-36-28(33)24(31)14-23-12-13-25(40-29(34)37-16-19(4)9-2)26(15-23)41-30(35)38-17-20(5)10-3/h12-13,15,19-22,24H,8-11,14,16-18,31H2,1-7H3/t19?,20?,21?,22-,24-/m0/s1. The quantitative estimate of drug-likeness (QED) is 0.139. The van der Waals surface area contributed by atoms with Crippen LogP contribution in [0.3, 0.4) is 0 Å². The van der Waals surface area contributed by atoms with Crippen molar-refractivity contribution < 1.29 is 47.6 Å². The lowest BCUT2D eigenvalue weighted by atomic mass is 10.1. The number of hydrogen-bond acceptors (Lipinski definition) is 11. The number of hydrogen-bond donors (Lipinski definition) is 1. The molecule has 5 atom stereocenters. The van der Waals surface area contributed by atoms with E-state index in [1.54, 1.807) is 19.9 Å². The number of ether oxygens (including phenoxy) is 6. The van der Waals surface area contributed by atoms with Gasteiger partial charge in [0, 0.05) is 0 Å². The highest BCUT2D eigenvalue weighted by Crippen LogP contribution is 2.30. The monoisotopic (exact) mass is 581 g/mol. The summed E-state index contributed by atoms with van der Waals surface area (Å²) < 4.78 is 31.4. The minimum atomic E-state index is -1.06. The molecular formula is C30H47NO10. The molecule has 232 valence electrons. The Balaban J connectivity index is 2.87. The van der Waals surface area contributed by atoms with Gasteiger partial charge in [-0.3, -0.25) is 9.59 Å². The molecule has 1 rings (SSSR count). The smallest absolute Gasteiger partial charge is 0.461 e. The second kappa shape index (κ2) is 18.9.